The number of carbonyl (C=O) groups is 1. The third-order valence-electron chi connectivity index (χ3n) is 4.44. The SMILES string of the molecule is Cc1nc(C(C)(C)NC(=O)/C=C/c2ccc(S(=O)(=O)N3CCOCC3)cc2)no1. The Morgan fingerprint density at radius 2 is 1.86 bits per heavy atom. The molecule has 1 N–H and O–H groups in total. The Labute approximate surface area is 169 Å². The molecule has 1 aromatic heterocycles. The average molecular weight is 420 g/mol. The van der Waals surface area contributed by atoms with Crippen molar-refractivity contribution in [3.8, 4) is 0 Å². The van der Waals surface area contributed by atoms with Crippen molar-refractivity contribution in [1.82, 2.24) is 19.8 Å². The van der Waals surface area contributed by atoms with Crippen molar-refractivity contribution < 1.29 is 22.5 Å². The zero-order valence-electron chi connectivity index (χ0n) is 16.6. The second kappa shape index (κ2) is 8.44. The highest BCUT2D eigenvalue weighted by atomic mass is 32.2. The van der Waals surface area contributed by atoms with E-state index in [9.17, 15) is 13.2 Å². The molecule has 0 unspecified atom stereocenters. The molecule has 0 saturated carbocycles. The molecule has 10 heteroatoms. The number of hydrogen-bond donors (Lipinski definition) is 1. The van der Waals surface area contributed by atoms with Gasteiger partial charge in [-0.05, 0) is 37.6 Å². The summed E-state index contributed by atoms with van der Waals surface area (Å²) in [6.45, 7) is 6.71. The van der Waals surface area contributed by atoms with E-state index in [2.05, 4.69) is 15.5 Å². The Kier molecular flexibility index (Phi) is 6.15. The molecule has 0 atom stereocenters. The zero-order valence-corrected chi connectivity index (χ0v) is 17.4. The number of aromatic nitrogens is 2. The maximum absolute atomic E-state index is 12.6. The number of amides is 1. The number of hydrogen-bond acceptors (Lipinski definition) is 7. The largest absolute Gasteiger partial charge is 0.379 e. The van der Waals surface area contributed by atoms with Crippen LogP contribution in [0.1, 0.15) is 31.1 Å². The number of morpholine rings is 1. The molecule has 1 amide bonds. The van der Waals surface area contributed by atoms with Crippen molar-refractivity contribution in [2.24, 2.45) is 0 Å². The summed E-state index contributed by atoms with van der Waals surface area (Å²) in [6, 6.07) is 6.39. The van der Waals surface area contributed by atoms with E-state index in [1.54, 1.807) is 39.0 Å². The summed E-state index contributed by atoms with van der Waals surface area (Å²) in [4.78, 5) is 16.6. The van der Waals surface area contributed by atoms with Crippen molar-refractivity contribution in [1.29, 1.82) is 0 Å². The minimum Gasteiger partial charge on any atom is -0.379 e. The van der Waals surface area contributed by atoms with E-state index < -0.39 is 15.6 Å². The Balaban J connectivity index is 1.64. The van der Waals surface area contributed by atoms with Crippen molar-refractivity contribution in [2.45, 2.75) is 31.2 Å². The van der Waals surface area contributed by atoms with Crippen LogP contribution in [0.4, 0.5) is 0 Å². The van der Waals surface area contributed by atoms with Crippen LogP contribution in [-0.4, -0.2) is 55.1 Å². The lowest BCUT2D eigenvalue weighted by Crippen LogP contribution is -2.41. The van der Waals surface area contributed by atoms with Gasteiger partial charge in [0.1, 0.15) is 0 Å². The molecule has 1 fully saturated rings. The molecule has 9 nitrogen and oxygen atoms in total. The van der Waals surface area contributed by atoms with Crippen molar-refractivity contribution in [3.63, 3.8) is 0 Å². The fourth-order valence-corrected chi connectivity index (χ4v) is 4.23. The number of nitrogens with one attached hydrogen (secondary N) is 1. The topological polar surface area (TPSA) is 115 Å². The van der Waals surface area contributed by atoms with Crippen LogP contribution < -0.4 is 5.32 Å². The Bertz CT molecular complexity index is 990. The van der Waals surface area contributed by atoms with Crippen molar-refractivity contribution >= 4 is 22.0 Å². The van der Waals surface area contributed by atoms with Crippen LogP contribution in [0, 0.1) is 6.92 Å². The summed E-state index contributed by atoms with van der Waals surface area (Å²) in [7, 11) is -3.54. The van der Waals surface area contributed by atoms with Gasteiger partial charge in [0.25, 0.3) is 0 Å². The summed E-state index contributed by atoms with van der Waals surface area (Å²) < 4.78 is 36.8. The van der Waals surface area contributed by atoms with E-state index in [-0.39, 0.29) is 10.8 Å². The molecule has 2 heterocycles. The number of ether oxygens (including phenoxy) is 1. The van der Waals surface area contributed by atoms with Gasteiger partial charge in [0.15, 0.2) is 5.82 Å². The van der Waals surface area contributed by atoms with Crippen LogP contribution in [0.5, 0.6) is 0 Å². The van der Waals surface area contributed by atoms with Gasteiger partial charge in [-0.3, -0.25) is 4.79 Å². The highest BCUT2D eigenvalue weighted by Crippen LogP contribution is 2.19. The Morgan fingerprint density at radius 1 is 1.21 bits per heavy atom. The van der Waals surface area contributed by atoms with Gasteiger partial charge >= 0.3 is 0 Å². The lowest BCUT2D eigenvalue weighted by Gasteiger charge is -2.26. The van der Waals surface area contributed by atoms with Crippen molar-refractivity contribution in [2.75, 3.05) is 26.3 Å². The fraction of sp³-hybridized carbons (Fsp3) is 0.421. The highest BCUT2D eigenvalue weighted by Gasteiger charge is 2.28. The molecule has 2 aromatic rings. The monoisotopic (exact) mass is 420 g/mol. The molecule has 1 saturated heterocycles. The molecule has 3 rings (SSSR count). The third kappa shape index (κ3) is 5.08. The molecule has 0 spiro atoms. The van der Waals surface area contributed by atoms with Gasteiger partial charge in [-0.25, -0.2) is 8.42 Å². The van der Waals surface area contributed by atoms with Crippen LogP contribution in [0.25, 0.3) is 6.08 Å². The number of carbonyl (C=O) groups excluding carboxylic acids is 1. The number of rotatable bonds is 6. The predicted molar refractivity (Wildman–Crippen MR) is 105 cm³/mol. The number of nitrogens with zero attached hydrogens (tertiary/aromatic N) is 3. The van der Waals surface area contributed by atoms with Crippen LogP contribution in [0.2, 0.25) is 0 Å². The molecule has 1 aliphatic rings. The quantitative estimate of drug-likeness (QED) is 0.704. The van der Waals surface area contributed by atoms with Crippen LogP contribution in [0.15, 0.2) is 39.8 Å². The van der Waals surface area contributed by atoms with E-state index in [0.717, 1.165) is 0 Å². The molecule has 1 aliphatic heterocycles. The van der Waals surface area contributed by atoms with Crippen LogP contribution >= 0.6 is 0 Å². The van der Waals surface area contributed by atoms with Gasteiger partial charge in [0, 0.05) is 26.1 Å². The fourth-order valence-electron chi connectivity index (χ4n) is 2.82. The third-order valence-corrected chi connectivity index (χ3v) is 6.35. The lowest BCUT2D eigenvalue weighted by atomic mass is 10.0. The van der Waals surface area contributed by atoms with E-state index >= 15 is 0 Å². The normalized spacial score (nSPS) is 16.2. The summed E-state index contributed by atoms with van der Waals surface area (Å²) in [5.74, 6) is 0.474. The average Bonchev–Trinajstić information content (AvgIpc) is 3.14. The highest BCUT2D eigenvalue weighted by molar-refractivity contribution is 7.89. The Hall–Kier alpha value is -2.56. The smallest absolute Gasteiger partial charge is 0.244 e. The maximum Gasteiger partial charge on any atom is 0.244 e. The van der Waals surface area contributed by atoms with Crippen LogP contribution in [0.3, 0.4) is 0 Å². The standard InChI is InChI=1S/C19H24N4O5S/c1-14-20-18(22-28-14)19(2,3)21-17(24)9-6-15-4-7-16(8-5-15)29(25,26)23-10-12-27-13-11-23/h4-9H,10-13H2,1-3H3,(H,21,24)/b9-6+. The molecule has 0 radical (unpaired) electrons. The summed E-state index contributed by atoms with van der Waals surface area (Å²) in [6.07, 6.45) is 2.98. The van der Waals surface area contributed by atoms with Gasteiger partial charge < -0.3 is 14.6 Å². The van der Waals surface area contributed by atoms with Gasteiger partial charge in [-0.2, -0.15) is 9.29 Å². The van der Waals surface area contributed by atoms with Gasteiger partial charge in [0.05, 0.1) is 23.6 Å². The number of aryl methyl sites for hydroxylation is 1. The summed E-state index contributed by atoms with van der Waals surface area (Å²) >= 11 is 0. The molecule has 0 aliphatic carbocycles. The van der Waals surface area contributed by atoms with Gasteiger partial charge in [0.2, 0.25) is 21.8 Å². The van der Waals surface area contributed by atoms with Gasteiger partial charge in [-0.15, -0.1) is 0 Å². The lowest BCUT2D eigenvalue weighted by molar-refractivity contribution is -0.118. The predicted octanol–water partition coefficient (Wildman–Crippen LogP) is 1.46. The van der Waals surface area contributed by atoms with E-state index in [0.29, 0.717) is 43.6 Å². The zero-order chi connectivity index (χ0) is 21.1. The second-order valence-corrected chi connectivity index (χ2v) is 9.11. The first kappa shape index (κ1) is 21.2. The second-order valence-electron chi connectivity index (χ2n) is 7.17. The van der Waals surface area contributed by atoms with Gasteiger partial charge in [-0.1, -0.05) is 17.3 Å². The minimum atomic E-state index is -3.54. The molecular weight excluding hydrogens is 396 g/mol. The first-order valence-electron chi connectivity index (χ1n) is 9.17. The molecule has 0 bridgehead atoms. The molecule has 29 heavy (non-hydrogen) atoms. The van der Waals surface area contributed by atoms with E-state index in [4.69, 9.17) is 9.26 Å². The summed E-state index contributed by atoms with van der Waals surface area (Å²) in [5, 5.41) is 6.65. The molecule has 156 valence electrons. The number of benzene rings is 1. The van der Waals surface area contributed by atoms with Crippen molar-refractivity contribution in [3.05, 3.63) is 47.6 Å². The maximum atomic E-state index is 12.6. The van der Waals surface area contributed by atoms with E-state index in [1.165, 1.54) is 22.5 Å². The minimum absolute atomic E-state index is 0.217. The first-order valence-corrected chi connectivity index (χ1v) is 10.6. The molecular formula is C19H24N4O5S. The molecule has 1 aromatic carbocycles. The van der Waals surface area contributed by atoms with Crippen LogP contribution in [-0.2, 0) is 25.1 Å². The number of sulfonamides is 1. The first-order chi connectivity index (χ1) is 13.7. The van der Waals surface area contributed by atoms with E-state index in [1.807, 2.05) is 0 Å². The Morgan fingerprint density at radius 3 is 2.45 bits per heavy atom. The summed E-state index contributed by atoms with van der Waals surface area (Å²) in [5.41, 5.74) is -0.0933.